The molecule has 2 saturated heterocycles. The van der Waals surface area contributed by atoms with Gasteiger partial charge in [-0.1, -0.05) is 6.92 Å². The van der Waals surface area contributed by atoms with Crippen LogP contribution in [0.4, 0.5) is 0 Å². The van der Waals surface area contributed by atoms with E-state index >= 15 is 0 Å². The van der Waals surface area contributed by atoms with E-state index < -0.39 is 0 Å². The van der Waals surface area contributed by atoms with Gasteiger partial charge < -0.3 is 9.47 Å². The Morgan fingerprint density at radius 2 is 2.33 bits per heavy atom. The molecule has 0 spiro atoms. The second-order valence-corrected chi connectivity index (χ2v) is 4.44. The summed E-state index contributed by atoms with van der Waals surface area (Å²) in [5, 5.41) is 0. The number of Topliss-reactive ketones (excluding diaryl/α,β-unsaturated/α-hetero) is 1. The molecule has 2 aliphatic heterocycles. The second kappa shape index (κ2) is 5.05. The van der Waals surface area contributed by atoms with Crippen molar-refractivity contribution in [1.82, 2.24) is 4.90 Å². The average Bonchev–Trinajstić information content (AvgIpc) is 2.25. The van der Waals surface area contributed by atoms with Crippen molar-refractivity contribution in [1.29, 1.82) is 0 Å². The number of ether oxygens (including phenoxy) is 2. The van der Waals surface area contributed by atoms with E-state index in [1.54, 1.807) is 0 Å². The Balaban J connectivity index is 1.76. The minimum atomic E-state index is 0.184. The van der Waals surface area contributed by atoms with E-state index in [1.807, 2.05) is 6.92 Å². The first-order chi connectivity index (χ1) is 7.25. The molecule has 0 saturated carbocycles. The molecular formula is C11H19NO3. The summed E-state index contributed by atoms with van der Waals surface area (Å²) in [7, 11) is 0. The summed E-state index contributed by atoms with van der Waals surface area (Å²) in [5.74, 6) is 0.579. The fourth-order valence-electron chi connectivity index (χ4n) is 2.19. The van der Waals surface area contributed by atoms with Gasteiger partial charge in [-0.15, -0.1) is 0 Å². The van der Waals surface area contributed by atoms with Crippen LogP contribution in [0.1, 0.15) is 13.3 Å². The molecule has 0 aromatic heterocycles. The van der Waals surface area contributed by atoms with E-state index in [1.165, 1.54) is 0 Å². The minimum Gasteiger partial charge on any atom is -0.376 e. The number of ketones is 1. The zero-order valence-electron chi connectivity index (χ0n) is 9.28. The summed E-state index contributed by atoms with van der Waals surface area (Å²) in [6.07, 6.45) is 0.883. The lowest BCUT2D eigenvalue weighted by atomic mass is 9.98. The van der Waals surface area contributed by atoms with Crippen LogP contribution in [0.3, 0.4) is 0 Å². The molecule has 0 N–H and O–H groups in total. The van der Waals surface area contributed by atoms with Crippen LogP contribution >= 0.6 is 0 Å². The topological polar surface area (TPSA) is 38.8 Å². The van der Waals surface area contributed by atoms with Gasteiger partial charge in [-0.3, -0.25) is 9.69 Å². The van der Waals surface area contributed by atoms with Crippen LogP contribution in [0.5, 0.6) is 0 Å². The van der Waals surface area contributed by atoms with Gasteiger partial charge in [0.05, 0.1) is 25.9 Å². The van der Waals surface area contributed by atoms with Gasteiger partial charge in [0.15, 0.2) is 0 Å². The van der Waals surface area contributed by atoms with E-state index in [0.717, 1.165) is 19.6 Å². The summed E-state index contributed by atoms with van der Waals surface area (Å²) in [4.78, 5) is 13.7. The number of carbonyl (C=O) groups excluding carboxylic acids is 1. The average molecular weight is 213 g/mol. The number of likely N-dealkylation sites (tertiary alicyclic amines) is 1. The highest BCUT2D eigenvalue weighted by atomic mass is 16.6. The number of hydrogen-bond acceptors (Lipinski definition) is 4. The lowest BCUT2D eigenvalue weighted by molar-refractivity contribution is -0.128. The van der Waals surface area contributed by atoms with Crippen LogP contribution in [0, 0.1) is 5.92 Å². The largest absolute Gasteiger partial charge is 0.376 e. The Labute approximate surface area is 90.5 Å². The molecule has 0 amide bonds. The van der Waals surface area contributed by atoms with Crippen LogP contribution in [0.25, 0.3) is 0 Å². The summed E-state index contributed by atoms with van der Waals surface area (Å²) in [5.41, 5.74) is 0. The molecule has 0 aromatic carbocycles. The molecule has 0 bridgehead atoms. The quantitative estimate of drug-likeness (QED) is 0.662. The van der Waals surface area contributed by atoms with E-state index in [2.05, 4.69) is 4.90 Å². The van der Waals surface area contributed by atoms with Crippen LogP contribution in [0.15, 0.2) is 0 Å². The van der Waals surface area contributed by atoms with Crippen molar-refractivity contribution in [3.63, 3.8) is 0 Å². The van der Waals surface area contributed by atoms with Gasteiger partial charge in [-0.05, 0) is 0 Å². The highest BCUT2D eigenvalue weighted by molar-refractivity contribution is 5.81. The molecule has 4 heteroatoms. The number of nitrogens with zero attached hydrogens (tertiary/aromatic N) is 1. The predicted molar refractivity (Wildman–Crippen MR) is 55.8 cm³/mol. The molecule has 15 heavy (non-hydrogen) atoms. The van der Waals surface area contributed by atoms with Crippen molar-refractivity contribution in [3.05, 3.63) is 0 Å². The predicted octanol–water partition coefficient (Wildman–Crippen LogP) is 0.313. The van der Waals surface area contributed by atoms with E-state index in [-0.39, 0.29) is 12.0 Å². The summed E-state index contributed by atoms with van der Waals surface area (Å²) >= 11 is 0. The summed E-state index contributed by atoms with van der Waals surface area (Å²) in [6, 6.07) is 0. The molecule has 2 heterocycles. The highest BCUT2D eigenvalue weighted by Crippen LogP contribution is 2.14. The number of hydrogen-bond donors (Lipinski definition) is 0. The molecule has 2 aliphatic rings. The van der Waals surface area contributed by atoms with Crippen molar-refractivity contribution in [2.45, 2.75) is 19.4 Å². The van der Waals surface area contributed by atoms with Crippen molar-refractivity contribution in [2.75, 3.05) is 39.5 Å². The fourth-order valence-corrected chi connectivity index (χ4v) is 2.19. The Hall–Kier alpha value is -0.450. The lowest BCUT2D eigenvalue weighted by Crippen LogP contribution is -2.46. The Bertz CT molecular complexity index is 226. The molecule has 2 fully saturated rings. The number of piperidine rings is 1. The fraction of sp³-hybridized carbons (Fsp3) is 0.909. The second-order valence-electron chi connectivity index (χ2n) is 4.44. The molecule has 0 radical (unpaired) electrons. The maximum atomic E-state index is 11.3. The van der Waals surface area contributed by atoms with Crippen LogP contribution in [-0.2, 0) is 14.3 Å². The monoisotopic (exact) mass is 213 g/mol. The van der Waals surface area contributed by atoms with Crippen molar-refractivity contribution in [2.24, 2.45) is 5.92 Å². The van der Waals surface area contributed by atoms with E-state index in [4.69, 9.17) is 9.47 Å². The van der Waals surface area contributed by atoms with Crippen LogP contribution < -0.4 is 0 Å². The third-order valence-corrected chi connectivity index (χ3v) is 3.10. The molecule has 4 nitrogen and oxygen atoms in total. The molecule has 0 aromatic rings. The van der Waals surface area contributed by atoms with E-state index in [0.29, 0.717) is 32.0 Å². The third kappa shape index (κ3) is 3.00. The van der Waals surface area contributed by atoms with Crippen molar-refractivity contribution >= 4 is 5.78 Å². The van der Waals surface area contributed by atoms with Gasteiger partial charge in [0.2, 0.25) is 0 Å². The smallest absolute Gasteiger partial charge is 0.138 e. The van der Waals surface area contributed by atoms with Gasteiger partial charge in [-0.2, -0.15) is 0 Å². The first-order valence-corrected chi connectivity index (χ1v) is 5.70. The zero-order chi connectivity index (χ0) is 10.7. The molecular weight excluding hydrogens is 194 g/mol. The van der Waals surface area contributed by atoms with Gasteiger partial charge >= 0.3 is 0 Å². The summed E-state index contributed by atoms with van der Waals surface area (Å²) in [6.45, 7) is 6.77. The SMILES string of the molecule is CC1CN(CC2COCCO2)CCC1=O. The normalized spacial score (nSPS) is 34.3. The van der Waals surface area contributed by atoms with Gasteiger partial charge in [-0.25, -0.2) is 0 Å². The summed E-state index contributed by atoms with van der Waals surface area (Å²) < 4.78 is 10.9. The third-order valence-electron chi connectivity index (χ3n) is 3.10. The van der Waals surface area contributed by atoms with Gasteiger partial charge in [0.25, 0.3) is 0 Å². The van der Waals surface area contributed by atoms with Gasteiger partial charge in [0, 0.05) is 32.0 Å². The van der Waals surface area contributed by atoms with Crippen molar-refractivity contribution in [3.8, 4) is 0 Å². The maximum absolute atomic E-state index is 11.3. The lowest BCUT2D eigenvalue weighted by Gasteiger charge is -2.33. The minimum absolute atomic E-state index is 0.184. The molecule has 2 atom stereocenters. The molecule has 2 unspecified atom stereocenters. The molecule has 86 valence electrons. The number of carbonyl (C=O) groups is 1. The Morgan fingerprint density at radius 1 is 1.47 bits per heavy atom. The first kappa shape index (κ1) is 11.0. The van der Waals surface area contributed by atoms with Crippen LogP contribution in [-0.4, -0.2) is 56.2 Å². The Kier molecular flexibility index (Phi) is 3.72. The first-order valence-electron chi connectivity index (χ1n) is 5.70. The molecule has 2 rings (SSSR count). The highest BCUT2D eigenvalue weighted by Gasteiger charge is 2.26. The van der Waals surface area contributed by atoms with Crippen LogP contribution in [0.2, 0.25) is 0 Å². The van der Waals surface area contributed by atoms with E-state index in [9.17, 15) is 4.79 Å². The maximum Gasteiger partial charge on any atom is 0.138 e. The number of rotatable bonds is 2. The zero-order valence-corrected chi connectivity index (χ0v) is 9.28. The van der Waals surface area contributed by atoms with Crippen molar-refractivity contribution < 1.29 is 14.3 Å². The standard InChI is InChI=1S/C11H19NO3/c1-9-6-12(3-2-11(9)13)7-10-8-14-4-5-15-10/h9-10H,2-8H2,1H3. The Morgan fingerprint density at radius 3 is 3.00 bits per heavy atom. The molecule has 0 aliphatic carbocycles. The van der Waals surface area contributed by atoms with Gasteiger partial charge in [0.1, 0.15) is 5.78 Å².